The zero-order valence-corrected chi connectivity index (χ0v) is 10.9. The van der Waals surface area contributed by atoms with Crippen LogP contribution >= 0.6 is 27.5 Å². The lowest BCUT2D eigenvalue weighted by molar-refractivity contribution is 0.0149. The summed E-state index contributed by atoms with van der Waals surface area (Å²) in [5.41, 5.74) is 2.40. The van der Waals surface area contributed by atoms with Crippen LogP contribution in [-0.4, -0.2) is 6.61 Å². The van der Waals surface area contributed by atoms with Crippen LogP contribution in [0.1, 0.15) is 36.5 Å². The molecule has 2 rings (SSSR count). The fourth-order valence-electron chi connectivity index (χ4n) is 1.90. The van der Waals surface area contributed by atoms with E-state index in [1.165, 1.54) is 18.4 Å². The predicted molar refractivity (Wildman–Crippen MR) is 66.6 cm³/mol. The molecule has 0 saturated carbocycles. The first-order valence-electron chi connectivity index (χ1n) is 5.27. The van der Waals surface area contributed by atoms with Gasteiger partial charge in [0.15, 0.2) is 0 Å². The third kappa shape index (κ3) is 2.74. The van der Waals surface area contributed by atoms with Gasteiger partial charge in [0, 0.05) is 17.0 Å². The van der Waals surface area contributed by atoms with Crippen molar-refractivity contribution in [3.63, 3.8) is 0 Å². The first-order chi connectivity index (χ1) is 7.31. The summed E-state index contributed by atoms with van der Waals surface area (Å²) >= 11 is 9.51. The summed E-state index contributed by atoms with van der Waals surface area (Å²) in [5.74, 6) is 0. The molecule has 3 heteroatoms. The Labute approximate surface area is 104 Å². The van der Waals surface area contributed by atoms with Gasteiger partial charge in [0.1, 0.15) is 0 Å². The molecular formula is C12H14BrClO. The van der Waals surface area contributed by atoms with Crippen LogP contribution in [0.25, 0.3) is 0 Å². The molecule has 1 nitrogen and oxygen atoms in total. The molecule has 1 aromatic rings. The lowest BCUT2D eigenvalue weighted by atomic mass is 10.00. The fraction of sp³-hybridized carbons (Fsp3) is 0.500. The Hall–Kier alpha value is -0.0500. The van der Waals surface area contributed by atoms with Crippen molar-refractivity contribution in [1.29, 1.82) is 0 Å². The summed E-state index contributed by atoms with van der Waals surface area (Å²) in [6.07, 6.45) is 3.85. The number of hydrogen-bond acceptors (Lipinski definition) is 1. The van der Waals surface area contributed by atoms with Crippen LogP contribution in [0.15, 0.2) is 18.2 Å². The second-order valence-corrected chi connectivity index (χ2v) is 4.81. The summed E-state index contributed by atoms with van der Waals surface area (Å²) < 4.78 is 5.74. The maximum absolute atomic E-state index is 6.06. The van der Waals surface area contributed by atoms with Crippen LogP contribution < -0.4 is 0 Å². The Morgan fingerprint density at radius 3 is 2.93 bits per heavy atom. The standard InChI is InChI=1S/C12H14BrClO/c13-8-10-7-9(4-5-11(10)14)12-3-1-2-6-15-12/h4-5,7,12H,1-3,6,8H2. The molecule has 1 atom stereocenters. The highest BCUT2D eigenvalue weighted by atomic mass is 79.9. The summed E-state index contributed by atoms with van der Waals surface area (Å²) in [4.78, 5) is 0. The lowest BCUT2D eigenvalue weighted by Gasteiger charge is -2.23. The second-order valence-electron chi connectivity index (χ2n) is 3.84. The minimum absolute atomic E-state index is 0.272. The second kappa shape index (κ2) is 5.33. The van der Waals surface area contributed by atoms with Crippen molar-refractivity contribution < 1.29 is 4.74 Å². The zero-order valence-electron chi connectivity index (χ0n) is 8.51. The first kappa shape index (κ1) is 11.4. The van der Waals surface area contributed by atoms with Crippen LogP contribution in [0.4, 0.5) is 0 Å². The van der Waals surface area contributed by atoms with Gasteiger partial charge in [-0.15, -0.1) is 0 Å². The van der Waals surface area contributed by atoms with Gasteiger partial charge >= 0.3 is 0 Å². The SMILES string of the molecule is Clc1ccc(C2CCCCO2)cc1CBr. The van der Waals surface area contributed by atoms with Crippen molar-refractivity contribution in [3.05, 3.63) is 34.3 Å². The van der Waals surface area contributed by atoms with E-state index < -0.39 is 0 Å². The van der Waals surface area contributed by atoms with Crippen LogP contribution in [0.5, 0.6) is 0 Å². The third-order valence-corrected chi connectivity index (χ3v) is 3.74. The normalized spacial score (nSPS) is 21.6. The highest BCUT2D eigenvalue weighted by Gasteiger charge is 2.16. The average Bonchev–Trinajstić information content (AvgIpc) is 2.31. The van der Waals surface area contributed by atoms with E-state index in [1.807, 2.05) is 6.07 Å². The monoisotopic (exact) mass is 288 g/mol. The smallest absolute Gasteiger partial charge is 0.0825 e. The van der Waals surface area contributed by atoms with Gasteiger partial charge in [-0.1, -0.05) is 39.7 Å². The van der Waals surface area contributed by atoms with Crippen LogP contribution in [0, 0.1) is 0 Å². The number of benzene rings is 1. The van der Waals surface area contributed by atoms with Crippen molar-refractivity contribution in [3.8, 4) is 0 Å². The minimum atomic E-state index is 0.272. The van der Waals surface area contributed by atoms with Gasteiger partial charge in [0.2, 0.25) is 0 Å². The van der Waals surface area contributed by atoms with Gasteiger partial charge in [0.05, 0.1) is 6.10 Å². The summed E-state index contributed by atoms with van der Waals surface area (Å²) in [7, 11) is 0. The molecule has 0 aliphatic carbocycles. The van der Waals surface area contributed by atoms with Crippen molar-refractivity contribution in [1.82, 2.24) is 0 Å². The Morgan fingerprint density at radius 2 is 2.27 bits per heavy atom. The van der Waals surface area contributed by atoms with Crippen molar-refractivity contribution in [2.75, 3.05) is 6.61 Å². The Kier molecular flexibility index (Phi) is 4.06. The number of hydrogen-bond donors (Lipinski definition) is 0. The van der Waals surface area contributed by atoms with Crippen LogP contribution in [0.2, 0.25) is 5.02 Å². The molecular weight excluding hydrogens is 275 g/mol. The molecule has 1 aromatic carbocycles. The van der Waals surface area contributed by atoms with E-state index in [0.29, 0.717) is 0 Å². The van der Waals surface area contributed by atoms with E-state index in [0.717, 1.165) is 28.9 Å². The number of alkyl halides is 1. The van der Waals surface area contributed by atoms with Crippen LogP contribution in [0.3, 0.4) is 0 Å². The van der Waals surface area contributed by atoms with E-state index >= 15 is 0 Å². The quantitative estimate of drug-likeness (QED) is 0.730. The molecule has 1 heterocycles. The molecule has 0 aromatic heterocycles. The van der Waals surface area contributed by atoms with Gasteiger partial charge in [0.25, 0.3) is 0 Å². The van der Waals surface area contributed by atoms with Gasteiger partial charge in [-0.3, -0.25) is 0 Å². The Bertz CT molecular complexity index is 334. The molecule has 0 spiro atoms. The number of rotatable bonds is 2. The molecule has 1 saturated heterocycles. The predicted octanol–water partition coefficient (Wildman–Crippen LogP) is 4.48. The number of halogens is 2. The van der Waals surface area contributed by atoms with Crippen molar-refractivity contribution >= 4 is 27.5 Å². The molecule has 0 amide bonds. The topological polar surface area (TPSA) is 9.23 Å². The van der Waals surface area contributed by atoms with E-state index in [1.54, 1.807) is 0 Å². The largest absolute Gasteiger partial charge is 0.374 e. The van der Waals surface area contributed by atoms with Gasteiger partial charge in [-0.2, -0.15) is 0 Å². The molecule has 1 aliphatic heterocycles. The molecule has 1 unspecified atom stereocenters. The highest BCUT2D eigenvalue weighted by Crippen LogP contribution is 2.30. The molecule has 0 bridgehead atoms. The minimum Gasteiger partial charge on any atom is -0.374 e. The maximum atomic E-state index is 6.06. The van der Waals surface area contributed by atoms with E-state index in [-0.39, 0.29) is 6.10 Å². The fourth-order valence-corrected chi connectivity index (χ4v) is 2.71. The van der Waals surface area contributed by atoms with Crippen molar-refractivity contribution in [2.45, 2.75) is 30.7 Å². The molecule has 0 radical (unpaired) electrons. The highest BCUT2D eigenvalue weighted by molar-refractivity contribution is 9.08. The summed E-state index contributed by atoms with van der Waals surface area (Å²) in [6.45, 7) is 0.886. The molecule has 1 fully saturated rings. The zero-order chi connectivity index (χ0) is 10.7. The Morgan fingerprint density at radius 1 is 1.40 bits per heavy atom. The van der Waals surface area contributed by atoms with E-state index in [2.05, 4.69) is 28.1 Å². The molecule has 82 valence electrons. The van der Waals surface area contributed by atoms with E-state index in [4.69, 9.17) is 16.3 Å². The molecule has 1 aliphatic rings. The molecule has 15 heavy (non-hydrogen) atoms. The Balaban J connectivity index is 2.20. The third-order valence-electron chi connectivity index (χ3n) is 2.77. The van der Waals surface area contributed by atoms with Gasteiger partial charge in [-0.25, -0.2) is 0 Å². The van der Waals surface area contributed by atoms with Gasteiger partial charge in [-0.05, 0) is 36.5 Å². The maximum Gasteiger partial charge on any atom is 0.0825 e. The summed E-state index contributed by atoms with van der Waals surface area (Å²) in [6, 6.07) is 6.18. The van der Waals surface area contributed by atoms with E-state index in [9.17, 15) is 0 Å². The molecule has 0 N–H and O–H groups in total. The summed E-state index contributed by atoms with van der Waals surface area (Å²) in [5, 5.41) is 1.62. The van der Waals surface area contributed by atoms with Crippen LogP contribution in [-0.2, 0) is 10.1 Å². The lowest BCUT2D eigenvalue weighted by Crippen LogP contribution is -2.11. The van der Waals surface area contributed by atoms with Gasteiger partial charge < -0.3 is 4.74 Å². The van der Waals surface area contributed by atoms with Crippen molar-refractivity contribution in [2.24, 2.45) is 0 Å². The number of ether oxygens (including phenoxy) is 1. The first-order valence-corrected chi connectivity index (χ1v) is 6.77. The average molecular weight is 290 g/mol.